The number of hydrogen-bond acceptors (Lipinski definition) is 5. The smallest absolute Gasteiger partial charge is 0.323 e. The zero-order valence-corrected chi connectivity index (χ0v) is 11.2. The van der Waals surface area contributed by atoms with Crippen LogP contribution in [0, 0.1) is 10.1 Å². The molecule has 8 heteroatoms. The molecule has 0 saturated carbocycles. The molecule has 3 rings (SSSR count). The van der Waals surface area contributed by atoms with Gasteiger partial charge in [0, 0.05) is 23.9 Å². The summed E-state index contributed by atoms with van der Waals surface area (Å²) in [6, 6.07) is 9.23. The lowest BCUT2D eigenvalue weighted by Crippen LogP contribution is -2.10. The topological polar surface area (TPSA) is 111 Å². The van der Waals surface area contributed by atoms with Crippen LogP contribution in [-0.4, -0.2) is 30.5 Å². The first-order valence-electron chi connectivity index (χ1n) is 6.34. The van der Waals surface area contributed by atoms with Crippen LogP contribution in [0.1, 0.15) is 0 Å². The van der Waals surface area contributed by atoms with Gasteiger partial charge in [-0.25, -0.2) is 9.97 Å². The van der Waals surface area contributed by atoms with Crippen molar-refractivity contribution >= 4 is 22.8 Å². The highest BCUT2D eigenvalue weighted by atomic mass is 16.6. The number of aliphatic carboxylic acids is 1. The van der Waals surface area contributed by atoms with Crippen LogP contribution in [0.3, 0.4) is 0 Å². The molecule has 110 valence electrons. The largest absolute Gasteiger partial charge is 0.480 e. The summed E-state index contributed by atoms with van der Waals surface area (Å²) in [6.07, 6.45) is 1.56. The molecule has 1 N–H and O–H groups in total. The molecule has 0 bridgehead atoms. The molecule has 22 heavy (non-hydrogen) atoms. The zero-order valence-electron chi connectivity index (χ0n) is 11.2. The van der Waals surface area contributed by atoms with Gasteiger partial charge in [-0.05, 0) is 24.3 Å². The predicted molar refractivity (Wildman–Crippen MR) is 77.3 cm³/mol. The van der Waals surface area contributed by atoms with Gasteiger partial charge in [-0.1, -0.05) is 0 Å². The van der Waals surface area contributed by atoms with Gasteiger partial charge in [-0.15, -0.1) is 0 Å². The number of nitro benzene ring substituents is 1. The van der Waals surface area contributed by atoms with Gasteiger partial charge in [0.1, 0.15) is 17.9 Å². The molecule has 0 spiro atoms. The second kappa shape index (κ2) is 5.24. The number of carboxylic acid groups (broad SMARTS) is 1. The summed E-state index contributed by atoms with van der Waals surface area (Å²) in [5, 5.41) is 19.8. The van der Waals surface area contributed by atoms with Gasteiger partial charge < -0.3 is 5.11 Å². The van der Waals surface area contributed by atoms with Crippen molar-refractivity contribution < 1.29 is 14.8 Å². The van der Waals surface area contributed by atoms with Gasteiger partial charge in [-0.3, -0.25) is 19.5 Å². The SMILES string of the molecule is O=C(O)Cn1c(-c2ccc([N+](=O)[O-])cc2)nc2cccnc21. The Kier molecular flexibility index (Phi) is 3.26. The first-order valence-corrected chi connectivity index (χ1v) is 6.34. The molecule has 8 nitrogen and oxygen atoms in total. The van der Waals surface area contributed by atoms with Gasteiger partial charge in [-0.2, -0.15) is 0 Å². The Balaban J connectivity index is 2.16. The molecular weight excluding hydrogens is 288 g/mol. The van der Waals surface area contributed by atoms with E-state index in [1.54, 1.807) is 18.3 Å². The fourth-order valence-electron chi connectivity index (χ4n) is 2.20. The van der Waals surface area contributed by atoms with Gasteiger partial charge in [0.2, 0.25) is 0 Å². The van der Waals surface area contributed by atoms with Crippen molar-refractivity contribution in [1.82, 2.24) is 14.5 Å². The number of carbonyl (C=O) groups is 1. The van der Waals surface area contributed by atoms with Crippen molar-refractivity contribution in [3.05, 3.63) is 52.7 Å². The highest BCUT2D eigenvalue weighted by molar-refractivity contribution is 5.80. The lowest BCUT2D eigenvalue weighted by atomic mass is 10.2. The molecule has 0 aliphatic rings. The summed E-state index contributed by atoms with van der Waals surface area (Å²) in [5.74, 6) is -0.612. The van der Waals surface area contributed by atoms with Crippen LogP contribution < -0.4 is 0 Å². The highest BCUT2D eigenvalue weighted by Crippen LogP contribution is 2.25. The quantitative estimate of drug-likeness (QED) is 0.583. The summed E-state index contributed by atoms with van der Waals surface area (Å²) < 4.78 is 1.47. The molecule has 0 aliphatic carbocycles. The van der Waals surface area contributed by atoms with E-state index >= 15 is 0 Å². The molecule has 3 aromatic rings. The Morgan fingerprint density at radius 2 is 2.00 bits per heavy atom. The number of pyridine rings is 1. The lowest BCUT2D eigenvalue weighted by molar-refractivity contribution is -0.384. The standard InChI is InChI=1S/C14H10N4O4/c19-12(20)8-17-13(16-11-2-1-7-15-14(11)17)9-3-5-10(6-4-9)18(21)22/h1-7H,8H2,(H,19,20). The molecule has 2 aromatic heterocycles. The summed E-state index contributed by atoms with van der Waals surface area (Å²) in [4.78, 5) is 29.8. The Labute approximate surface area is 123 Å². The molecule has 1 aromatic carbocycles. The molecule has 0 aliphatic heterocycles. The minimum Gasteiger partial charge on any atom is -0.480 e. The molecule has 0 radical (unpaired) electrons. The second-order valence-electron chi connectivity index (χ2n) is 4.57. The van der Waals surface area contributed by atoms with Crippen molar-refractivity contribution in [3.8, 4) is 11.4 Å². The normalized spacial score (nSPS) is 10.7. The molecule has 0 saturated heterocycles. The minimum atomic E-state index is -1.02. The van der Waals surface area contributed by atoms with Crippen LogP contribution in [0.4, 0.5) is 5.69 Å². The Morgan fingerprint density at radius 3 is 2.64 bits per heavy atom. The van der Waals surface area contributed by atoms with E-state index < -0.39 is 10.9 Å². The van der Waals surface area contributed by atoms with E-state index in [9.17, 15) is 14.9 Å². The van der Waals surface area contributed by atoms with Crippen molar-refractivity contribution in [2.45, 2.75) is 6.54 Å². The third-order valence-electron chi connectivity index (χ3n) is 3.13. The molecule has 2 heterocycles. The predicted octanol–water partition coefficient (Wildman–Crippen LogP) is 2.09. The van der Waals surface area contributed by atoms with Crippen LogP contribution >= 0.6 is 0 Å². The average molecular weight is 298 g/mol. The third kappa shape index (κ3) is 2.37. The van der Waals surface area contributed by atoms with Crippen LogP contribution in [0.5, 0.6) is 0 Å². The first kappa shape index (κ1) is 13.7. The van der Waals surface area contributed by atoms with E-state index in [1.165, 1.54) is 28.8 Å². The van der Waals surface area contributed by atoms with Crippen molar-refractivity contribution in [1.29, 1.82) is 0 Å². The number of nitro groups is 1. The fraction of sp³-hybridized carbons (Fsp3) is 0.0714. The molecular formula is C14H10N4O4. The monoisotopic (exact) mass is 298 g/mol. The summed E-state index contributed by atoms with van der Waals surface area (Å²) in [7, 11) is 0. The molecule has 0 fully saturated rings. The zero-order chi connectivity index (χ0) is 15.7. The molecule has 0 amide bonds. The number of fused-ring (bicyclic) bond motifs is 1. The minimum absolute atomic E-state index is 0.0391. The van der Waals surface area contributed by atoms with E-state index in [-0.39, 0.29) is 12.2 Å². The van der Waals surface area contributed by atoms with Crippen LogP contribution in [0.25, 0.3) is 22.6 Å². The van der Waals surface area contributed by atoms with Gasteiger partial charge >= 0.3 is 5.97 Å². The number of non-ortho nitro benzene ring substituents is 1. The van der Waals surface area contributed by atoms with Gasteiger partial charge in [0.25, 0.3) is 5.69 Å². The average Bonchev–Trinajstić information content (AvgIpc) is 2.86. The summed E-state index contributed by atoms with van der Waals surface area (Å²) >= 11 is 0. The van der Waals surface area contributed by atoms with Crippen molar-refractivity contribution in [2.24, 2.45) is 0 Å². The van der Waals surface area contributed by atoms with Crippen LogP contribution in [0.15, 0.2) is 42.6 Å². The number of carboxylic acids is 1. The molecule has 0 atom stereocenters. The maximum Gasteiger partial charge on any atom is 0.323 e. The van der Waals surface area contributed by atoms with E-state index in [4.69, 9.17) is 5.11 Å². The van der Waals surface area contributed by atoms with Gasteiger partial charge in [0.05, 0.1) is 4.92 Å². The Hall–Kier alpha value is -3.29. The maximum atomic E-state index is 11.1. The molecule has 0 unspecified atom stereocenters. The van der Waals surface area contributed by atoms with Crippen LogP contribution in [-0.2, 0) is 11.3 Å². The second-order valence-corrected chi connectivity index (χ2v) is 4.57. The third-order valence-corrected chi connectivity index (χ3v) is 3.13. The number of hydrogen-bond donors (Lipinski definition) is 1. The number of imidazole rings is 1. The lowest BCUT2D eigenvalue weighted by Gasteiger charge is -2.05. The number of aromatic nitrogens is 3. The van der Waals surface area contributed by atoms with Crippen molar-refractivity contribution in [2.75, 3.05) is 0 Å². The number of rotatable bonds is 4. The van der Waals surface area contributed by atoms with E-state index in [2.05, 4.69) is 9.97 Å². The van der Waals surface area contributed by atoms with E-state index in [1.807, 2.05) is 0 Å². The first-order chi connectivity index (χ1) is 10.6. The number of benzene rings is 1. The maximum absolute atomic E-state index is 11.1. The summed E-state index contributed by atoms with van der Waals surface area (Å²) in [5.41, 5.74) is 1.57. The van der Waals surface area contributed by atoms with E-state index in [0.29, 0.717) is 22.6 Å². The van der Waals surface area contributed by atoms with Crippen molar-refractivity contribution in [3.63, 3.8) is 0 Å². The van der Waals surface area contributed by atoms with Crippen LogP contribution in [0.2, 0.25) is 0 Å². The number of nitrogens with zero attached hydrogens (tertiary/aromatic N) is 4. The summed E-state index contributed by atoms with van der Waals surface area (Å²) in [6.45, 7) is -0.292. The van der Waals surface area contributed by atoms with E-state index in [0.717, 1.165) is 0 Å². The highest BCUT2D eigenvalue weighted by Gasteiger charge is 2.16. The Bertz CT molecular complexity index is 870. The fourth-order valence-corrected chi connectivity index (χ4v) is 2.20. The van der Waals surface area contributed by atoms with Gasteiger partial charge in [0.15, 0.2) is 5.65 Å². The Morgan fingerprint density at radius 1 is 1.27 bits per heavy atom.